The zero-order chi connectivity index (χ0) is 21.9. The summed E-state index contributed by atoms with van der Waals surface area (Å²) in [7, 11) is 1.59. The molecule has 0 fully saturated rings. The van der Waals surface area contributed by atoms with Gasteiger partial charge in [0, 0.05) is 24.8 Å². The van der Waals surface area contributed by atoms with Crippen LogP contribution in [0.25, 0.3) is 11.3 Å². The van der Waals surface area contributed by atoms with E-state index in [0.29, 0.717) is 25.1 Å². The lowest BCUT2D eigenvalue weighted by molar-refractivity contribution is -0.141. The predicted molar refractivity (Wildman–Crippen MR) is 103 cm³/mol. The molecule has 9 heteroatoms. The first-order chi connectivity index (χ1) is 14.1. The Morgan fingerprint density at radius 1 is 1.13 bits per heavy atom. The van der Waals surface area contributed by atoms with Crippen molar-refractivity contribution < 1.29 is 22.4 Å². The van der Waals surface area contributed by atoms with Gasteiger partial charge in [0.05, 0.1) is 17.0 Å². The minimum atomic E-state index is -4.55. The summed E-state index contributed by atoms with van der Waals surface area (Å²) < 4.78 is 51.2. The second kappa shape index (κ2) is 8.64. The normalized spacial score (nSPS) is 11.5. The van der Waals surface area contributed by atoms with Crippen LogP contribution in [-0.2, 0) is 12.6 Å². The minimum Gasteiger partial charge on any atom is -0.342 e. The Balaban J connectivity index is 1.56. The van der Waals surface area contributed by atoms with Crippen LogP contribution in [0.3, 0.4) is 0 Å². The highest BCUT2D eigenvalue weighted by atomic mass is 19.4. The molecule has 0 bridgehead atoms. The molecule has 3 aromatic rings. The number of alkyl halides is 3. The van der Waals surface area contributed by atoms with Crippen molar-refractivity contribution in [3.63, 3.8) is 0 Å². The fourth-order valence-corrected chi connectivity index (χ4v) is 3.02. The van der Waals surface area contributed by atoms with Crippen molar-refractivity contribution in [2.75, 3.05) is 13.6 Å². The lowest BCUT2D eigenvalue weighted by atomic mass is 10.1. The van der Waals surface area contributed by atoms with E-state index in [1.54, 1.807) is 19.2 Å². The summed E-state index contributed by atoms with van der Waals surface area (Å²) in [5.74, 6) is -0.703. The number of amides is 1. The standard InChI is InChI=1S/C21H20F4N4O/c1-13-17(9-10-19(26-13)21(23,24)25)20(30)29(2)11-3-4-16-12-18(28-27-16)14-5-7-15(22)8-6-14/h5-10,12H,3-4,11H2,1-2H3,(H,27,28). The summed E-state index contributed by atoms with van der Waals surface area (Å²) >= 11 is 0. The molecule has 3 rings (SSSR count). The van der Waals surface area contributed by atoms with Crippen LogP contribution in [0.4, 0.5) is 17.6 Å². The molecule has 0 unspecified atom stereocenters. The third-order valence-corrected chi connectivity index (χ3v) is 4.66. The van der Waals surface area contributed by atoms with Crippen LogP contribution in [0.15, 0.2) is 42.5 Å². The number of carbonyl (C=O) groups excluding carboxylic acids is 1. The molecule has 158 valence electrons. The molecule has 5 nitrogen and oxygen atoms in total. The van der Waals surface area contributed by atoms with Crippen LogP contribution in [0.2, 0.25) is 0 Å². The molecule has 0 atom stereocenters. The lowest BCUT2D eigenvalue weighted by Crippen LogP contribution is -2.29. The van der Waals surface area contributed by atoms with E-state index in [0.717, 1.165) is 23.4 Å². The van der Waals surface area contributed by atoms with Gasteiger partial charge in [0.1, 0.15) is 11.5 Å². The van der Waals surface area contributed by atoms with Gasteiger partial charge in [-0.05, 0) is 62.2 Å². The predicted octanol–water partition coefficient (Wildman–Crippen LogP) is 4.64. The number of aromatic amines is 1. The molecule has 30 heavy (non-hydrogen) atoms. The number of carbonyl (C=O) groups is 1. The second-order valence-electron chi connectivity index (χ2n) is 6.94. The number of halogens is 4. The van der Waals surface area contributed by atoms with Gasteiger partial charge < -0.3 is 4.90 Å². The van der Waals surface area contributed by atoms with Crippen LogP contribution in [0.5, 0.6) is 0 Å². The molecule has 0 aliphatic rings. The topological polar surface area (TPSA) is 61.9 Å². The van der Waals surface area contributed by atoms with Crippen LogP contribution in [0, 0.1) is 12.7 Å². The number of aromatic nitrogens is 3. The zero-order valence-electron chi connectivity index (χ0n) is 16.4. The average Bonchev–Trinajstić information content (AvgIpc) is 3.16. The van der Waals surface area contributed by atoms with E-state index in [1.807, 2.05) is 6.07 Å². The fraction of sp³-hybridized carbons (Fsp3) is 0.286. The van der Waals surface area contributed by atoms with Crippen molar-refractivity contribution in [3.05, 3.63) is 70.9 Å². The van der Waals surface area contributed by atoms with E-state index < -0.39 is 11.9 Å². The minimum absolute atomic E-state index is 0.0409. The van der Waals surface area contributed by atoms with Gasteiger partial charge in [-0.2, -0.15) is 18.3 Å². The van der Waals surface area contributed by atoms with Gasteiger partial charge in [0.25, 0.3) is 5.91 Å². The van der Waals surface area contributed by atoms with E-state index in [2.05, 4.69) is 15.2 Å². The Labute approximate surface area is 170 Å². The molecule has 0 aliphatic heterocycles. The number of nitrogens with one attached hydrogen (secondary N) is 1. The van der Waals surface area contributed by atoms with E-state index in [9.17, 15) is 22.4 Å². The third kappa shape index (κ3) is 5.03. The second-order valence-corrected chi connectivity index (χ2v) is 6.94. The number of aryl methyl sites for hydroxylation is 2. The smallest absolute Gasteiger partial charge is 0.342 e. The first kappa shape index (κ1) is 21.5. The van der Waals surface area contributed by atoms with Crippen LogP contribution in [-0.4, -0.2) is 39.6 Å². The van der Waals surface area contributed by atoms with Crippen molar-refractivity contribution in [1.82, 2.24) is 20.1 Å². The number of benzene rings is 1. The highest BCUT2D eigenvalue weighted by Gasteiger charge is 2.33. The fourth-order valence-electron chi connectivity index (χ4n) is 3.02. The van der Waals surface area contributed by atoms with Crippen molar-refractivity contribution in [2.24, 2.45) is 0 Å². The first-order valence-corrected chi connectivity index (χ1v) is 9.25. The number of hydrogen-bond acceptors (Lipinski definition) is 3. The molecule has 2 aromatic heterocycles. The lowest BCUT2D eigenvalue weighted by Gasteiger charge is -2.18. The Bertz CT molecular complexity index is 1030. The summed E-state index contributed by atoms with van der Waals surface area (Å²) in [5, 5.41) is 7.13. The van der Waals surface area contributed by atoms with Gasteiger partial charge in [-0.1, -0.05) is 0 Å². The zero-order valence-corrected chi connectivity index (χ0v) is 16.4. The molecule has 1 N–H and O–H groups in total. The van der Waals surface area contributed by atoms with Gasteiger partial charge in [-0.25, -0.2) is 9.37 Å². The maximum absolute atomic E-state index is 13.0. The molecule has 0 spiro atoms. The SMILES string of the molecule is Cc1nc(C(F)(F)F)ccc1C(=O)N(C)CCCc1cc(-c2ccc(F)cc2)n[nH]1. The summed E-state index contributed by atoms with van der Waals surface area (Å²) in [6.07, 6.45) is -3.30. The largest absolute Gasteiger partial charge is 0.433 e. The maximum Gasteiger partial charge on any atom is 0.433 e. The van der Waals surface area contributed by atoms with E-state index in [1.165, 1.54) is 24.0 Å². The average molecular weight is 420 g/mol. The Hall–Kier alpha value is -3.23. The quantitative estimate of drug-likeness (QED) is 0.591. The molecular formula is C21H20F4N4O. The van der Waals surface area contributed by atoms with Crippen LogP contribution >= 0.6 is 0 Å². The van der Waals surface area contributed by atoms with Crippen molar-refractivity contribution >= 4 is 5.91 Å². The van der Waals surface area contributed by atoms with E-state index in [4.69, 9.17) is 0 Å². The molecule has 1 amide bonds. The summed E-state index contributed by atoms with van der Waals surface area (Å²) in [6.45, 7) is 1.79. The highest BCUT2D eigenvalue weighted by molar-refractivity contribution is 5.95. The molecule has 0 saturated carbocycles. The molecule has 2 heterocycles. The van der Waals surface area contributed by atoms with Gasteiger partial charge >= 0.3 is 6.18 Å². The summed E-state index contributed by atoms with van der Waals surface area (Å²) in [6, 6.07) is 9.84. The van der Waals surface area contributed by atoms with Crippen LogP contribution in [0.1, 0.15) is 33.9 Å². The monoisotopic (exact) mass is 420 g/mol. The van der Waals surface area contributed by atoms with Gasteiger partial charge in [-0.15, -0.1) is 0 Å². The number of pyridine rings is 1. The van der Waals surface area contributed by atoms with Gasteiger partial charge in [0.2, 0.25) is 0 Å². The summed E-state index contributed by atoms with van der Waals surface area (Å²) in [4.78, 5) is 17.5. The number of rotatable bonds is 6. The van der Waals surface area contributed by atoms with E-state index >= 15 is 0 Å². The Kier molecular flexibility index (Phi) is 6.19. The third-order valence-electron chi connectivity index (χ3n) is 4.66. The number of hydrogen-bond donors (Lipinski definition) is 1. The van der Waals surface area contributed by atoms with Gasteiger partial charge in [-0.3, -0.25) is 9.89 Å². The van der Waals surface area contributed by atoms with E-state index in [-0.39, 0.29) is 23.0 Å². The molecule has 1 aromatic carbocycles. The number of H-pyrrole nitrogens is 1. The van der Waals surface area contributed by atoms with Crippen molar-refractivity contribution in [1.29, 1.82) is 0 Å². The molecular weight excluding hydrogens is 400 g/mol. The molecule has 0 aliphatic carbocycles. The maximum atomic E-state index is 13.0. The highest BCUT2D eigenvalue weighted by Crippen LogP contribution is 2.28. The molecule has 0 saturated heterocycles. The first-order valence-electron chi connectivity index (χ1n) is 9.25. The van der Waals surface area contributed by atoms with Crippen molar-refractivity contribution in [2.45, 2.75) is 25.9 Å². The summed E-state index contributed by atoms with van der Waals surface area (Å²) in [5.41, 5.74) is 1.51. The Morgan fingerprint density at radius 3 is 2.47 bits per heavy atom. The van der Waals surface area contributed by atoms with Crippen LogP contribution < -0.4 is 0 Å². The van der Waals surface area contributed by atoms with Gasteiger partial charge in [0.15, 0.2) is 0 Å². The Morgan fingerprint density at radius 2 is 1.83 bits per heavy atom. The number of nitrogens with zero attached hydrogens (tertiary/aromatic N) is 3. The van der Waals surface area contributed by atoms with Crippen molar-refractivity contribution in [3.8, 4) is 11.3 Å². The molecule has 0 radical (unpaired) electrons.